The average molecular weight is 182 g/mol. The lowest BCUT2D eigenvalue weighted by molar-refractivity contribution is 0.275. The van der Waals surface area contributed by atoms with Crippen molar-refractivity contribution >= 4 is 0 Å². The van der Waals surface area contributed by atoms with Crippen molar-refractivity contribution in [3.8, 4) is 0 Å². The molecule has 0 amide bonds. The summed E-state index contributed by atoms with van der Waals surface area (Å²) in [5, 5.41) is 0. The van der Waals surface area contributed by atoms with E-state index < -0.39 is 0 Å². The Balaban J connectivity index is 2.37. The van der Waals surface area contributed by atoms with Crippen LogP contribution in [0.4, 0.5) is 0 Å². The molecule has 0 aromatic rings. The average Bonchev–Trinajstić information content (AvgIpc) is 2.30. The lowest BCUT2D eigenvalue weighted by Crippen LogP contribution is -2.13. The molecule has 0 radical (unpaired) electrons. The molecule has 13 heavy (non-hydrogen) atoms. The van der Waals surface area contributed by atoms with Gasteiger partial charge in [-0.15, -0.1) is 0 Å². The monoisotopic (exact) mass is 182 g/mol. The van der Waals surface area contributed by atoms with Gasteiger partial charge in [-0.2, -0.15) is 0 Å². The van der Waals surface area contributed by atoms with E-state index in [1.54, 1.807) is 0 Å². The van der Waals surface area contributed by atoms with Crippen LogP contribution in [-0.2, 0) is 0 Å². The van der Waals surface area contributed by atoms with E-state index in [2.05, 4.69) is 20.8 Å². The summed E-state index contributed by atoms with van der Waals surface area (Å²) < 4.78 is 0. The molecule has 1 saturated carbocycles. The second kappa shape index (κ2) is 5.67. The molecule has 1 fully saturated rings. The summed E-state index contributed by atoms with van der Waals surface area (Å²) in [6.45, 7) is 7.22. The topological polar surface area (TPSA) is 0 Å². The summed E-state index contributed by atoms with van der Waals surface area (Å²) in [7, 11) is 0. The Bertz CT molecular complexity index is 128. The van der Waals surface area contributed by atoms with Crippen molar-refractivity contribution in [2.45, 2.75) is 65.7 Å². The van der Waals surface area contributed by atoms with Crippen LogP contribution >= 0.6 is 0 Å². The number of hydrogen-bond acceptors (Lipinski definition) is 0. The van der Waals surface area contributed by atoms with Crippen LogP contribution in [0.3, 0.4) is 0 Å². The number of hydrogen-bond donors (Lipinski definition) is 0. The smallest absolute Gasteiger partial charge is 0.0386 e. The zero-order valence-corrected chi connectivity index (χ0v) is 9.68. The fraction of sp³-hybridized carbons (Fsp3) is 1.00. The lowest BCUT2D eigenvalue weighted by atomic mass is 9.82. The Labute approximate surface area is 84.1 Å². The van der Waals surface area contributed by atoms with Gasteiger partial charge in [-0.25, -0.2) is 0 Å². The van der Waals surface area contributed by atoms with Gasteiger partial charge in [0.1, 0.15) is 0 Å². The highest BCUT2D eigenvalue weighted by atomic mass is 14.3. The molecule has 0 aliphatic heterocycles. The van der Waals surface area contributed by atoms with Crippen LogP contribution in [0.1, 0.15) is 65.7 Å². The van der Waals surface area contributed by atoms with Crippen LogP contribution in [0, 0.1) is 17.8 Å². The predicted octanol–water partition coefficient (Wildman–Crippen LogP) is 4.64. The molecule has 0 aromatic carbocycles. The van der Waals surface area contributed by atoms with Gasteiger partial charge in [0.25, 0.3) is 0 Å². The van der Waals surface area contributed by atoms with Gasteiger partial charge < -0.3 is 0 Å². The molecule has 0 saturated heterocycles. The molecule has 0 bridgehead atoms. The predicted molar refractivity (Wildman–Crippen MR) is 59.8 cm³/mol. The number of rotatable bonds is 3. The van der Waals surface area contributed by atoms with Crippen molar-refractivity contribution in [2.24, 2.45) is 17.8 Å². The second-order valence-electron chi connectivity index (χ2n) is 5.15. The van der Waals surface area contributed by atoms with Gasteiger partial charge in [-0.1, -0.05) is 59.3 Å². The van der Waals surface area contributed by atoms with E-state index in [4.69, 9.17) is 0 Å². The normalized spacial score (nSPS) is 32.5. The molecule has 0 nitrogen and oxygen atoms in total. The minimum absolute atomic E-state index is 0.977. The summed E-state index contributed by atoms with van der Waals surface area (Å²) in [5.41, 5.74) is 0. The Morgan fingerprint density at radius 1 is 1.23 bits per heavy atom. The molecule has 0 aromatic heterocycles. The van der Waals surface area contributed by atoms with Crippen molar-refractivity contribution < 1.29 is 0 Å². The van der Waals surface area contributed by atoms with Gasteiger partial charge in [0.05, 0.1) is 0 Å². The van der Waals surface area contributed by atoms with Crippen molar-refractivity contribution in [1.82, 2.24) is 0 Å². The Kier molecular flexibility index (Phi) is 4.83. The summed E-state index contributed by atoms with van der Waals surface area (Å²) in [4.78, 5) is 0. The molecule has 0 N–H and O–H groups in total. The van der Waals surface area contributed by atoms with Crippen LogP contribution in [0.2, 0.25) is 0 Å². The molecule has 1 rings (SSSR count). The highest BCUT2D eigenvalue weighted by Gasteiger charge is 2.21. The van der Waals surface area contributed by atoms with Gasteiger partial charge in [-0.05, 0) is 24.2 Å². The standard InChI is InChI=1S/C13H26/c1-4-7-12(3)13-9-6-5-8-11(2)10-13/h11-13H,4-10H2,1-3H3. The molecular formula is C13H26. The van der Waals surface area contributed by atoms with Gasteiger partial charge in [0.2, 0.25) is 0 Å². The van der Waals surface area contributed by atoms with E-state index in [0.29, 0.717) is 0 Å². The van der Waals surface area contributed by atoms with Gasteiger partial charge in [-0.3, -0.25) is 0 Å². The third-order valence-electron chi connectivity index (χ3n) is 3.78. The Hall–Kier alpha value is 0. The largest absolute Gasteiger partial charge is 0.0654 e. The highest BCUT2D eigenvalue weighted by Crippen LogP contribution is 2.33. The molecule has 0 heteroatoms. The van der Waals surface area contributed by atoms with Gasteiger partial charge >= 0.3 is 0 Å². The first-order valence-electron chi connectivity index (χ1n) is 6.24. The molecule has 78 valence electrons. The van der Waals surface area contributed by atoms with E-state index in [1.165, 1.54) is 44.9 Å². The maximum absolute atomic E-state index is 2.46. The van der Waals surface area contributed by atoms with Crippen LogP contribution in [0.5, 0.6) is 0 Å². The first kappa shape index (κ1) is 11.1. The minimum atomic E-state index is 0.977. The Morgan fingerprint density at radius 2 is 1.92 bits per heavy atom. The van der Waals surface area contributed by atoms with Crippen LogP contribution < -0.4 is 0 Å². The molecule has 3 unspecified atom stereocenters. The van der Waals surface area contributed by atoms with Crippen molar-refractivity contribution in [2.75, 3.05) is 0 Å². The van der Waals surface area contributed by atoms with E-state index in [1.807, 2.05) is 0 Å². The SMILES string of the molecule is CCCC(C)C1CCCCC(C)C1. The lowest BCUT2D eigenvalue weighted by Gasteiger charge is -2.23. The molecular weight excluding hydrogens is 156 g/mol. The zero-order chi connectivity index (χ0) is 9.68. The minimum Gasteiger partial charge on any atom is -0.0654 e. The van der Waals surface area contributed by atoms with E-state index >= 15 is 0 Å². The van der Waals surface area contributed by atoms with Gasteiger partial charge in [0, 0.05) is 0 Å². The van der Waals surface area contributed by atoms with Crippen molar-refractivity contribution in [3.63, 3.8) is 0 Å². The second-order valence-corrected chi connectivity index (χ2v) is 5.15. The van der Waals surface area contributed by atoms with Crippen LogP contribution in [0.25, 0.3) is 0 Å². The van der Waals surface area contributed by atoms with Crippen molar-refractivity contribution in [1.29, 1.82) is 0 Å². The zero-order valence-electron chi connectivity index (χ0n) is 9.68. The quantitative estimate of drug-likeness (QED) is 0.558. The van der Waals surface area contributed by atoms with Crippen LogP contribution in [0.15, 0.2) is 0 Å². The molecule has 1 aliphatic rings. The van der Waals surface area contributed by atoms with E-state index in [9.17, 15) is 0 Å². The highest BCUT2D eigenvalue weighted by molar-refractivity contribution is 4.73. The van der Waals surface area contributed by atoms with Crippen LogP contribution in [-0.4, -0.2) is 0 Å². The summed E-state index contributed by atoms with van der Waals surface area (Å²) >= 11 is 0. The van der Waals surface area contributed by atoms with Crippen molar-refractivity contribution in [3.05, 3.63) is 0 Å². The molecule has 0 heterocycles. The fourth-order valence-electron chi connectivity index (χ4n) is 2.86. The van der Waals surface area contributed by atoms with E-state index in [-0.39, 0.29) is 0 Å². The Morgan fingerprint density at radius 3 is 2.62 bits per heavy atom. The third kappa shape index (κ3) is 3.70. The molecule has 0 spiro atoms. The van der Waals surface area contributed by atoms with E-state index in [0.717, 1.165) is 17.8 Å². The third-order valence-corrected chi connectivity index (χ3v) is 3.78. The fourth-order valence-corrected chi connectivity index (χ4v) is 2.86. The van der Waals surface area contributed by atoms with Gasteiger partial charge in [0.15, 0.2) is 0 Å². The summed E-state index contributed by atoms with van der Waals surface area (Å²) in [6, 6.07) is 0. The first-order valence-corrected chi connectivity index (χ1v) is 6.24. The summed E-state index contributed by atoms with van der Waals surface area (Å²) in [5.74, 6) is 3.01. The molecule has 1 aliphatic carbocycles. The maximum atomic E-state index is 2.46. The summed E-state index contributed by atoms with van der Waals surface area (Å²) in [6.07, 6.45) is 10.3. The maximum Gasteiger partial charge on any atom is -0.0386 e. The first-order chi connectivity index (χ1) is 6.24. The molecule has 3 atom stereocenters.